The normalized spacial score (nSPS) is 10.8. The highest BCUT2D eigenvalue weighted by atomic mass is 16.5. The van der Waals surface area contributed by atoms with Crippen molar-refractivity contribution in [1.82, 2.24) is 0 Å². The molecule has 0 atom stereocenters. The van der Waals surface area contributed by atoms with Crippen LogP contribution in [0.1, 0.15) is 50.8 Å². The van der Waals surface area contributed by atoms with Gasteiger partial charge in [0, 0.05) is 11.5 Å². The van der Waals surface area contributed by atoms with E-state index in [2.05, 4.69) is 54.6 Å². The predicted octanol–water partition coefficient (Wildman–Crippen LogP) is 8.09. The van der Waals surface area contributed by atoms with E-state index in [9.17, 15) is 4.79 Å². The van der Waals surface area contributed by atoms with E-state index in [1.807, 2.05) is 67.6 Å². The number of carbonyl (C=O) groups is 1. The van der Waals surface area contributed by atoms with Gasteiger partial charge in [-0.3, -0.25) is 4.79 Å². The van der Waals surface area contributed by atoms with Crippen molar-refractivity contribution in [2.75, 3.05) is 21.3 Å². The maximum Gasteiger partial charge on any atom is 0.313 e. The van der Waals surface area contributed by atoms with Gasteiger partial charge in [0.25, 0.3) is 0 Å². The molecule has 5 nitrogen and oxygen atoms in total. The van der Waals surface area contributed by atoms with Crippen LogP contribution in [0.25, 0.3) is 11.6 Å². The third-order valence-electron chi connectivity index (χ3n) is 7.49. The van der Waals surface area contributed by atoms with E-state index in [1.165, 1.54) is 7.11 Å². The quantitative estimate of drug-likeness (QED) is 0.162. The molecule has 4 aromatic carbocycles. The van der Waals surface area contributed by atoms with Gasteiger partial charge in [0.15, 0.2) is 0 Å². The predicted molar refractivity (Wildman–Crippen MR) is 166 cm³/mol. The Hall–Kier alpha value is -5.03. The molecule has 0 amide bonds. The van der Waals surface area contributed by atoms with E-state index >= 15 is 0 Å². The molecule has 0 radical (unpaired) electrons. The number of hydrogen-bond donors (Lipinski definition) is 0. The monoisotopic (exact) mass is 558 g/mol. The maximum absolute atomic E-state index is 12.4. The van der Waals surface area contributed by atoms with Gasteiger partial charge in [-0.15, -0.1) is 0 Å². The summed E-state index contributed by atoms with van der Waals surface area (Å²) in [6, 6.07) is 36.6. The van der Waals surface area contributed by atoms with Crippen molar-refractivity contribution in [3.8, 4) is 11.5 Å². The van der Waals surface area contributed by atoms with Crippen molar-refractivity contribution < 1.29 is 23.4 Å². The Bertz CT molecular complexity index is 1560. The van der Waals surface area contributed by atoms with Crippen molar-refractivity contribution in [2.24, 2.45) is 0 Å². The van der Waals surface area contributed by atoms with Crippen LogP contribution in [0.5, 0.6) is 11.5 Å². The summed E-state index contributed by atoms with van der Waals surface area (Å²) >= 11 is 0. The summed E-state index contributed by atoms with van der Waals surface area (Å²) in [5.41, 5.74) is 7.14. The van der Waals surface area contributed by atoms with Crippen LogP contribution in [0.15, 0.2) is 114 Å². The molecule has 0 fully saturated rings. The van der Waals surface area contributed by atoms with E-state index in [0.717, 1.165) is 50.5 Å². The van der Waals surface area contributed by atoms with Crippen molar-refractivity contribution in [2.45, 2.75) is 19.3 Å². The van der Waals surface area contributed by atoms with E-state index in [4.69, 9.17) is 18.6 Å². The molecule has 0 aliphatic rings. The second-order valence-corrected chi connectivity index (χ2v) is 9.95. The lowest BCUT2D eigenvalue weighted by Gasteiger charge is -2.20. The van der Waals surface area contributed by atoms with Crippen molar-refractivity contribution in [1.29, 1.82) is 0 Å². The number of benzene rings is 4. The lowest BCUT2D eigenvalue weighted by Crippen LogP contribution is -2.07. The molecule has 5 heteroatoms. The first-order chi connectivity index (χ1) is 20.5. The Balaban J connectivity index is 1.78. The van der Waals surface area contributed by atoms with Crippen LogP contribution in [-0.4, -0.2) is 27.3 Å². The molecule has 0 unspecified atom stereocenters. The molecule has 1 heterocycles. The van der Waals surface area contributed by atoms with Gasteiger partial charge in [0.2, 0.25) is 0 Å². The molecule has 212 valence electrons. The van der Waals surface area contributed by atoms with Gasteiger partial charge < -0.3 is 18.6 Å². The number of ether oxygens (including phenoxy) is 3. The summed E-state index contributed by atoms with van der Waals surface area (Å²) in [5, 5.41) is 0. The van der Waals surface area contributed by atoms with Crippen LogP contribution in [0, 0.1) is 6.92 Å². The SMILES string of the molecule is COC(=O)Cc1oc(C=C(c2ccccc2)c2ccccc2)c(C(c2ccc(OC)cc2)c2ccc(OC)cc2)c1C. The van der Waals surface area contributed by atoms with Gasteiger partial charge in [-0.1, -0.05) is 84.9 Å². The zero-order chi connectivity index (χ0) is 29.5. The van der Waals surface area contributed by atoms with Gasteiger partial charge in [0.1, 0.15) is 29.4 Å². The number of carbonyl (C=O) groups excluding carboxylic acids is 1. The van der Waals surface area contributed by atoms with Gasteiger partial charge in [-0.2, -0.15) is 0 Å². The third-order valence-corrected chi connectivity index (χ3v) is 7.49. The average molecular weight is 559 g/mol. The molecule has 0 N–H and O–H groups in total. The number of furan rings is 1. The van der Waals surface area contributed by atoms with Gasteiger partial charge in [0.05, 0.1) is 21.3 Å². The van der Waals surface area contributed by atoms with Crippen LogP contribution in [-0.2, 0) is 16.0 Å². The van der Waals surface area contributed by atoms with Crippen molar-refractivity contribution in [3.63, 3.8) is 0 Å². The fraction of sp³-hybridized carbons (Fsp3) is 0.162. The Labute approximate surface area is 247 Å². The van der Waals surface area contributed by atoms with Crippen LogP contribution in [0.3, 0.4) is 0 Å². The number of esters is 1. The van der Waals surface area contributed by atoms with Crippen LogP contribution in [0.4, 0.5) is 0 Å². The summed E-state index contributed by atoms with van der Waals surface area (Å²) in [4.78, 5) is 12.4. The third kappa shape index (κ3) is 6.16. The molecule has 5 aromatic rings. The van der Waals surface area contributed by atoms with Crippen molar-refractivity contribution >= 4 is 17.6 Å². The van der Waals surface area contributed by atoms with Crippen LogP contribution in [0.2, 0.25) is 0 Å². The molecule has 0 saturated carbocycles. The fourth-order valence-corrected chi connectivity index (χ4v) is 5.26. The highest BCUT2D eigenvalue weighted by Crippen LogP contribution is 2.41. The van der Waals surface area contributed by atoms with Gasteiger partial charge in [-0.25, -0.2) is 0 Å². The summed E-state index contributed by atoms with van der Waals surface area (Å²) in [6.45, 7) is 2.01. The van der Waals surface area contributed by atoms with E-state index < -0.39 is 0 Å². The van der Waals surface area contributed by atoms with E-state index in [0.29, 0.717) is 11.5 Å². The largest absolute Gasteiger partial charge is 0.497 e. The van der Waals surface area contributed by atoms with Crippen LogP contribution >= 0.6 is 0 Å². The topological polar surface area (TPSA) is 57.9 Å². The minimum Gasteiger partial charge on any atom is -0.497 e. The van der Waals surface area contributed by atoms with E-state index in [1.54, 1.807) is 14.2 Å². The molecule has 0 spiro atoms. The van der Waals surface area contributed by atoms with Crippen LogP contribution < -0.4 is 9.47 Å². The molecule has 0 aliphatic heterocycles. The first-order valence-electron chi connectivity index (χ1n) is 13.8. The highest BCUT2D eigenvalue weighted by Gasteiger charge is 2.28. The second kappa shape index (κ2) is 13.1. The number of hydrogen-bond acceptors (Lipinski definition) is 5. The molecule has 42 heavy (non-hydrogen) atoms. The first kappa shape index (κ1) is 28.5. The highest BCUT2D eigenvalue weighted by molar-refractivity contribution is 5.91. The second-order valence-electron chi connectivity index (χ2n) is 9.95. The van der Waals surface area contributed by atoms with Crippen molar-refractivity contribution in [3.05, 3.63) is 154 Å². The lowest BCUT2D eigenvalue weighted by atomic mass is 9.82. The molecular weight excluding hydrogens is 524 g/mol. The first-order valence-corrected chi connectivity index (χ1v) is 13.8. The molecule has 1 aromatic heterocycles. The summed E-state index contributed by atoms with van der Waals surface area (Å²) in [7, 11) is 4.71. The smallest absolute Gasteiger partial charge is 0.313 e. The average Bonchev–Trinajstić information content (AvgIpc) is 3.34. The van der Waals surface area contributed by atoms with Gasteiger partial charge >= 0.3 is 5.97 Å². The standard InChI is InChI=1S/C37H34O5/c1-25-33(24-35(38)41-4)42-34(23-32(26-11-7-5-8-12-26)27-13-9-6-10-14-27)36(25)37(28-15-19-30(39-2)20-16-28)29-17-21-31(40-3)22-18-29/h5-23,37H,24H2,1-4H3. The summed E-state index contributed by atoms with van der Waals surface area (Å²) in [6.07, 6.45) is 2.13. The Kier molecular flexibility index (Phi) is 8.88. The molecular formula is C37H34O5. The van der Waals surface area contributed by atoms with Gasteiger partial charge in [-0.05, 0) is 70.7 Å². The zero-order valence-electron chi connectivity index (χ0n) is 24.3. The Morgan fingerprint density at radius 3 is 1.62 bits per heavy atom. The number of methoxy groups -OCH3 is 3. The minimum absolute atomic E-state index is 0.0348. The molecule has 0 aliphatic carbocycles. The number of rotatable bonds is 10. The fourth-order valence-electron chi connectivity index (χ4n) is 5.26. The molecule has 0 bridgehead atoms. The lowest BCUT2D eigenvalue weighted by molar-refractivity contribution is -0.140. The zero-order valence-corrected chi connectivity index (χ0v) is 24.3. The molecule has 5 rings (SSSR count). The Morgan fingerprint density at radius 2 is 1.19 bits per heavy atom. The Morgan fingerprint density at radius 1 is 0.714 bits per heavy atom. The maximum atomic E-state index is 12.4. The summed E-state index contributed by atoms with van der Waals surface area (Å²) < 4.78 is 22.5. The van der Waals surface area contributed by atoms with E-state index in [-0.39, 0.29) is 18.3 Å². The summed E-state index contributed by atoms with van der Waals surface area (Å²) in [5.74, 6) is 2.26. The minimum atomic E-state index is -0.356. The molecule has 0 saturated heterocycles.